The van der Waals surface area contributed by atoms with Crippen molar-refractivity contribution in [1.82, 2.24) is 15.5 Å². The zero-order valence-electron chi connectivity index (χ0n) is 14.4. The predicted octanol–water partition coefficient (Wildman–Crippen LogP) is 3.67. The highest BCUT2D eigenvalue weighted by molar-refractivity contribution is 7.15. The van der Waals surface area contributed by atoms with Crippen LogP contribution < -0.4 is 10.2 Å². The largest absolute Gasteiger partial charge is 0.352 e. The average molecular weight is 379 g/mol. The second-order valence-electron chi connectivity index (χ2n) is 6.38. The lowest BCUT2D eigenvalue weighted by molar-refractivity contribution is -0.121. The zero-order valence-corrected chi connectivity index (χ0v) is 15.9. The number of amides is 1. The molecule has 0 bridgehead atoms. The number of hydrogen-bond donors (Lipinski definition) is 1. The van der Waals surface area contributed by atoms with E-state index < -0.39 is 0 Å². The molecule has 2 heterocycles. The Bertz CT molecular complexity index is 703. The van der Waals surface area contributed by atoms with Crippen LogP contribution in [0.1, 0.15) is 43.2 Å². The van der Waals surface area contributed by atoms with Gasteiger partial charge in [-0.05, 0) is 37.0 Å². The Balaban J connectivity index is 1.59. The van der Waals surface area contributed by atoms with E-state index in [4.69, 9.17) is 11.6 Å². The maximum atomic E-state index is 11.8. The molecule has 1 atom stereocenters. The Hall–Kier alpha value is -1.66. The van der Waals surface area contributed by atoms with Gasteiger partial charge >= 0.3 is 0 Å². The van der Waals surface area contributed by atoms with Crippen LogP contribution in [0.4, 0.5) is 5.13 Å². The average Bonchev–Trinajstić information content (AvgIpc) is 3.06. The summed E-state index contributed by atoms with van der Waals surface area (Å²) in [4.78, 5) is 14.1. The van der Waals surface area contributed by atoms with Gasteiger partial charge in [0.25, 0.3) is 0 Å². The first-order chi connectivity index (χ1) is 12.1. The van der Waals surface area contributed by atoms with Crippen molar-refractivity contribution in [3.05, 3.63) is 39.9 Å². The molecular formula is C18H23ClN4OS. The molecule has 1 fully saturated rings. The number of carbonyl (C=O) groups excluding carboxylic acids is 1. The highest BCUT2D eigenvalue weighted by atomic mass is 35.5. The summed E-state index contributed by atoms with van der Waals surface area (Å²) < 4.78 is 0. The van der Waals surface area contributed by atoms with E-state index in [0.29, 0.717) is 6.42 Å². The van der Waals surface area contributed by atoms with Crippen LogP contribution in [0.3, 0.4) is 0 Å². The van der Waals surface area contributed by atoms with Crippen molar-refractivity contribution in [3.63, 3.8) is 0 Å². The summed E-state index contributed by atoms with van der Waals surface area (Å²) in [6.07, 6.45) is 4.33. The molecule has 0 aliphatic carbocycles. The van der Waals surface area contributed by atoms with Gasteiger partial charge in [-0.15, -0.1) is 10.2 Å². The van der Waals surface area contributed by atoms with Crippen molar-refractivity contribution < 1.29 is 4.79 Å². The van der Waals surface area contributed by atoms with Gasteiger partial charge in [0.2, 0.25) is 11.0 Å². The first-order valence-electron chi connectivity index (χ1n) is 8.75. The number of halogens is 1. The molecule has 2 aromatic rings. The van der Waals surface area contributed by atoms with Gasteiger partial charge in [0, 0.05) is 37.0 Å². The molecule has 1 aromatic carbocycles. The Labute approximate surface area is 157 Å². The molecule has 0 radical (unpaired) electrons. The topological polar surface area (TPSA) is 58.1 Å². The van der Waals surface area contributed by atoms with Crippen LogP contribution in [0.5, 0.6) is 0 Å². The minimum absolute atomic E-state index is 0.148. The van der Waals surface area contributed by atoms with E-state index in [9.17, 15) is 4.79 Å². The maximum absolute atomic E-state index is 11.8. The molecule has 1 aliphatic rings. The van der Waals surface area contributed by atoms with Crippen molar-refractivity contribution in [1.29, 1.82) is 0 Å². The van der Waals surface area contributed by atoms with E-state index >= 15 is 0 Å². The molecule has 7 heteroatoms. The number of anilines is 1. The van der Waals surface area contributed by atoms with Crippen LogP contribution in [-0.2, 0) is 11.2 Å². The summed E-state index contributed by atoms with van der Waals surface area (Å²) in [5, 5.41) is 14.5. The number of piperidine rings is 1. The maximum Gasteiger partial charge on any atom is 0.220 e. The molecule has 1 N–H and O–H groups in total. The summed E-state index contributed by atoms with van der Waals surface area (Å²) in [5.74, 6) is 0.148. The van der Waals surface area contributed by atoms with Gasteiger partial charge in [-0.1, -0.05) is 42.0 Å². The van der Waals surface area contributed by atoms with E-state index in [2.05, 4.69) is 20.4 Å². The third-order valence-electron chi connectivity index (χ3n) is 4.26. The standard InChI is InChI=1S/C18H23ClN4OS/c1-2-4-16(24)20-15-5-3-10-23(12-15)18-22-21-17(25-18)11-13-6-8-14(19)9-7-13/h6-9,15H,2-5,10-12H2,1H3,(H,20,24). The number of nitrogens with zero attached hydrogens (tertiary/aromatic N) is 3. The number of carbonyl (C=O) groups is 1. The Morgan fingerprint density at radius 2 is 2.16 bits per heavy atom. The van der Waals surface area contributed by atoms with Crippen LogP contribution in [0, 0.1) is 0 Å². The molecule has 0 spiro atoms. The molecule has 134 valence electrons. The molecule has 5 nitrogen and oxygen atoms in total. The van der Waals surface area contributed by atoms with Gasteiger partial charge in [-0.2, -0.15) is 0 Å². The van der Waals surface area contributed by atoms with Gasteiger partial charge in [0.05, 0.1) is 0 Å². The van der Waals surface area contributed by atoms with Crippen molar-refractivity contribution in [2.24, 2.45) is 0 Å². The van der Waals surface area contributed by atoms with Gasteiger partial charge in [0.1, 0.15) is 5.01 Å². The van der Waals surface area contributed by atoms with E-state index in [1.165, 1.54) is 5.56 Å². The normalized spacial score (nSPS) is 17.5. The van der Waals surface area contributed by atoms with Crippen LogP contribution in [0.25, 0.3) is 0 Å². The number of nitrogens with one attached hydrogen (secondary N) is 1. The Morgan fingerprint density at radius 1 is 1.36 bits per heavy atom. The minimum atomic E-state index is 0.148. The highest BCUT2D eigenvalue weighted by Crippen LogP contribution is 2.25. The summed E-state index contributed by atoms with van der Waals surface area (Å²) in [6, 6.07) is 8.03. The van der Waals surface area contributed by atoms with Crippen molar-refractivity contribution in [3.8, 4) is 0 Å². The fourth-order valence-corrected chi connectivity index (χ4v) is 4.05. The second kappa shape index (κ2) is 8.63. The lowest BCUT2D eigenvalue weighted by atomic mass is 10.1. The molecule has 0 saturated carbocycles. The number of rotatable bonds is 6. The minimum Gasteiger partial charge on any atom is -0.352 e. The van der Waals surface area contributed by atoms with Crippen LogP contribution >= 0.6 is 22.9 Å². The number of benzene rings is 1. The highest BCUT2D eigenvalue weighted by Gasteiger charge is 2.23. The van der Waals surface area contributed by atoms with Crippen LogP contribution in [-0.4, -0.2) is 35.2 Å². The second-order valence-corrected chi connectivity index (χ2v) is 7.86. The molecule has 3 rings (SSSR count). The Kier molecular flexibility index (Phi) is 6.26. The smallest absolute Gasteiger partial charge is 0.220 e. The summed E-state index contributed by atoms with van der Waals surface area (Å²) >= 11 is 7.56. The van der Waals surface area contributed by atoms with E-state index in [1.807, 2.05) is 31.2 Å². The molecule has 1 amide bonds. The van der Waals surface area contributed by atoms with Crippen molar-refractivity contribution >= 4 is 34.0 Å². The zero-order chi connectivity index (χ0) is 17.6. The third kappa shape index (κ3) is 5.16. The van der Waals surface area contributed by atoms with Gasteiger partial charge < -0.3 is 10.2 Å². The Morgan fingerprint density at radius 3 is 2.92 bits per heavy atom. The van der Waals surface area contributed by atoms with Gasteiger partial charge in [-0.3, -0.25) is 4.79 Å². The number of aromatic nitrogens is 2. The molecule has 1 saturated heterocycles. The van der Waals surface area contributed by atoms with Crippen LogP contribution in [0.15, 0.2) is 24.3 Å². The van der Waals surface area contributed by atoms with Crippen molar-refractivity contribution in [2.75, 3.05) is 18.0 Å². The summed E-state index contributed by atoms with van der Waals surface area (Å²) in [6.45, 7) is 3.80. The first kappa shape index (κ1) is 18.1. The third-order valence-corrected chi connectivity index (χ3v) is 5.49. The predicted molar refractivity (Wildman–Crippen MR) is 102 cm³/mol. The summed E-state index contributed by atoms with van der Waals surface area (Å²) in [5.41, 5.74) is 1.18. The van der Waals surface area contributed by atoms with Gasteiger partial charge in [-0.25, -0.2) is 0 Å². The number of hydrogen-bond acceptors (Lipinski definition) is 5. The van der Waals surface area contributed by atoms with E-state index in [0.717, 1.165) is 53.9 Å². The quantitative estimate of drug-likeness (QED) is 0.833. The SMILES string of the molecule is CCCC(=O)NC1CCCN(c2nnc(Cc3ccc(Cl)cc3)s2)C1. The lowest BCUT2D eigenvalue weighted by Gasteiger charge is -2.32. The fourth-order valence-electron chi connectivity index (χ4n) is 3.02. The molecular weight excluding hydrogens is 356 g/mol. The summed E-state index contributed by atoms with van der Waals surface area (Å²) in [7, 11) is 0. The van der Waals surface area contributed by atoms with Gasteiger partial charge in [0.15, 0.2) is 0 Å². The lowest BCUT2D eigenvalue weighted by Crippen LogP contribution is -2.47. The first-order valence-corrected chi connectivity index (χ1v) is 9.94. The van der Waals surface area contributed by atoms with Crippen LogP contribution in [0.2, 0.25) is 5.02 Å². The van der Waals surface area contributed by atoms with Crippen molar-refractivity contribution in [2.45, 2.75) is 45.1 Å². The monoisotopic (exact) mass is 378 g/mol. The molecule has 1 unspecified atom stereocenters. The fraction of sp³-hybridized carbons (Fsp3) is 0.500. The molecule has 25 heavy (non-hydrogen) atoms. The van der Waals surface area contributed by atoms with E-state index in [-0.39, 0.29) is 11.9 Å². The molecule has 1 aromatic heterocycles. The van der Waals surface area contributed by atoms with E-state index in [1.54, 1.807) is 11.3 Å². The molecule has 1 aliphatic heterocycles.